The zero-order chi connectivity index (χ0) is 10.7. The smallest absolute Gasteiger partial charge is 0.0182 e. The Hall–Kier alpha value is 0. The Balaban J connectivity index is 4.56. The molecule has 0 heteroatoms. The maximum absolute atomic E-state index is 2.39. The monoisotopic (exact) mass is 183 g/mol. The third kappa shape index (κ3) is 3.00. The van der Waals surface area contributed by atoms with Crippen LogP contribution in [0.3, 0.4) is 0 Å². The van der Waals surface area contributed by atoms with Gasteiger partial charge in [0.1, 0.15) is 0 Å². The molecule has 0 aromatic heterocycles. The van der Waals surface area contributed by atoms with Crippen molar-refractivity contribution in [3.63, 3.8) is 0 Å². The van der Waals surface area contributed by atoms with E-state index in [4.69, 9.17) is 0 Å². The van der Waals surface area contributed by atoms with Crippen LogP contribution in [0.2, 0.25) is 0 Å². The van der Waals surface area contributed by atoms with E-state index in [1.165, 1.54) is 19.3 Å². The largest absolute Gasteiger partial charge is 0.0654 e. The summed E-state index contributed by atoms with van der Waals surface area (Å²) < 4.78 is 0. The van der Waals surface area contributed by atoms with Gasteiger partial charge in [0.15, 0.2) is 0 Å². The number of rotatable bonds is 4. The van der Waals surface area contributed by atoms with Gasteiger partial charge in [0.25, 0.3) is 0 Å². The van der Waals surface area contributed by atoms with Crippen molar-refractivity contribution in [2.75, 3.05) is 0 Å². The second kappa shape index (κ2) is 4.48. The van der Waals surface area contributed by atoms with Gasteiger partial charge in [-0.05, 0) is 29.6 Å². The van der Waals surface area contributed by atoms with Crippen molar-refractivity contribution in [3.8, 4) is 0 Å². The topological polar surface area (TPSA) is 0 Å². The van der Waals surface area contributed by atoms with Crippen molar-refractivity contribution < 1.29 is 0 Å². The molecule has 0 amide bonds. The van der Waals surface area contributed by atoms with E-state index in [9.17, 15) is 0 Å². The minimum absolute atomic E-state index is 0.373. The first kappa shape index (κ1) is 13.0. The molecule has 0 spiro atoms. The van der Waals surface area contributed by atoms with Crippen LogP contribution in [-0.2, 0) is 0 Å². The van der Waals surface area contributed by atoms with Gasteiger partial charge in [0, 0.05) is 0 Å². The summed E-state index contributed by atoms with van der Waals surface area (Å²) in [6.45, 7) is 16.4. The maximum atomic E-state index is 2.39. The van der Waals surface area contributed by atoms with Gasteiger partial charge >= 0.3 is 0 Å². The van der Waals surface area contributed by atoms with Crippen LogP contribution >= 0.6 is 0 Å². The minimum atomic E-state index is 0.373. The van der Waals surface area contributed by atoms with Gasteiger partial charge in [-0.2, -0.15) is 0 Å². The van der Waals surface area contributed by atoms with Crippen molar-refractivity contribution in [1.29, 1.82) is 0 Å². The van der Waals surface area contributed by atoms with E-state index in [1.807, 2.05) is 0 Å². The van der Waals surface area contributed by atoms with Crippen molar-refractivity contribution in [1.82, 2.24) is 0 Å². The van der Waals surface area contributed by atoms with Crippen molar-refractivity contribution in [3.05, 3.63) is 5.92 Å². The highest BCUT2D eigenvalue weighted by Gasteiger charge is 2.38. The van der Waals surface area contributed by atoms with Crippen LogP contribution in [0.1, 0.15) is 67.7 Å². The molecule has 1 radical (unpaired) electrons. The molecule has 0 unspecified atom stereocenters. The molecular formula is C13H27. The van der Waals surface area contributed by atoms with E-state index in [-0.39, 0.29) is 0 Å². The van der Waals surface area contributed by atoms with E-state index >= 15 is 0 Å². The highest BCUT2D eigenvalue weighted by molar-refractivity contribution is 5.06. The summed E-state index contributed by atoms with van der Waals surface area (Å²) in [4.78, 5) is 0. The van der Waals surface area contributed by atoms with Gasteiger partial charge in [0.05, 0.1) is 0 Å². The first-order chi connectivity index (χ1) is 5.77. The Morgan fingerprint density at radius 1 is 0.923 bits per heavy atom. The van der Waals surface area contributed by atoms with Crippen molar-refractivity contribution in [2.45, 2.75) is 67.7 Å². The molecule has 0 atom stereocenters. The lowest BCUT2D eigenvalue weighted by molar-refractivity contribution is 0.135. The molecule has 0 aromatic carbocycles. The third-order valence-electron chi connectivity index (χ3n) is 3.74. The molecule has 0 heterocycles. The Labute approximate surface area is 85.1 Å². The summed E-state index contributed by atoms with van der Waals surface area (Å²) >= 11 is 0. The van der Waals surface area contributed by atoms with Gasteiger partial charge in [-0.3, -0.25) is 0 Å². The predicted molar refractivity (Wildman–Crippen MR) is 61.7 cm³/mol. The van der Waals surface area contributed by atoms with Gasteiger partial charge in [-0.15, -0.1) is 0 Å². The van der Waals surface area contributed by atoms with E-state index in [2.05, 4.69) is 48.5 Å². The lowest BCUT2D eigenvalue weighted by atomic mass is 9.60. The van der Waals surface area contributed by atoms with E-state index < -0.39 is 0 Å². The molecule has 0 rings (SSSR count). The highest BCUT2D eigenvalue weighted by atomic mass is 14.4. The fourth-order valence-electron chi connectivity index (χ4n) is 1.76. The second-order valence-electron chi connectivity index (χ2n) is 5.58. The molecule has 0 aliphatic heterocycles. The quantitative estimate of drug-likeness (QED) is 0.585. The van der Waals surface area contributed by atoms with Gasteiger partial charge in [-0.25, -0.2) is 0 Å². The Kier molecular flexibility index (Phi) is 4.48. The minimum Gasteiger partial charge on any atom is -0.0654 e. The Bertz CT molecular complexity index is 137. The number of hydrogen-bond acceptors (Lipinski definition) is 0. The standard InChI is InChI=1S/C13H27/c1-8-10-11(9-2)13(6,7)12(3,4)5/h8-10H2,1-7H3. The van der Waals surface area contributed by atoms with Crippen LogP contribution in [0.25, 0.3) is 0 Å². The van der Waals surface area contributed by atoms with Gasteiger partial charge in [0.2, 0.25) is 0 Å². The fourth-order valence-corrected chi connectivity index (χ4v) is 1.76. The zero-order valence-electron chi connectivity index (χ0n) is 10.6. The molecule has 0 bridgehead atoms. The van der Waals surface area contributed by atoms with E-state index in [0.29, 0.717) is 10.8 Å². The van der Waals surface area contributed by atoms with Crippen LogP contribution in [0.15, 0.2) is 0 Å². The maximum Gasteiger partial charge on any atom is -0.0182 e. The number of hydrogen-bond donors (Lipinski definition) is 0. The Morgan fingerprint density at radius 3 is 1.62 bits per heavy atom. The average molecular weight is 183 g/mol. The molecule has 13 heavy (non-hydrogen) atoms. The van der Waals surface area contributed by atoms with Crippen LogP contribution in [0.4, 0.5) is 0 Å². The fraction of sp³-hybridized carbons (Fsp3) is 0.923. The summed E-state index contributed by atoms with van der Waals surface area (Å²) in [5.41, 5.74) is 0.755. The molecule has 0 fully saturated rings. The van der Waals surface area contributed by atoms with Crippen LogP contribution in [0, 0.1) is 16.7 Å². The molecule has 79 valence electrons. The first-order valence-corrected chi connectivity index (χ1v) is 5.62. The van der Waals surface area contributed by atoms with Crippen LogP contribution in [0.5, 0.6) is 0 Å². The average Bonchev–Trinajstić information content (AvgIpc) is 1.97. The van der Waals surface area contributed by atoms with Gasteiger partial charge < -0.3 is 0 Å². The summed E-state index contributed by atoms with van der Waals surface area (Å²) in [7, 11) is 0. The lowest BCUT2D eigenvalue weighted by Gasteiger charge is -2.44. The van der Waals surface area contributed by atoms with E-state index in [0.717, 1.165) is 0 Å². The summed E-state index contributed by atoms with van der Waals surface area (Å²) in [5.74, 6) is 1.72. The summed E-state index contributed by atoms with van der Waals surface area (Å²) in [5, 5.41) is 0. The van der Waals surface area contributed by atoms with Crippen LogP contribution in [-0.4, -0.2) is 0 Å². The molecule has 0 aliphatic carbocycles. The summed E-state index contributed by atoms with van der Waals surface area (Å²) in [6, 6.07) is 0. The van der Waals surface area contributed by atoms with E-state index in [1.54, 1.807) is 5.92 Å². The normalized spacial score (nSPS) is 13.8. The zero-order valence-corrected chi connectivity index (χ0v) is 10.6. The first-order valence-electron chi connectivity index (χ1n) is 5.62. The SMILES string of the molecule is CCC[C](CC)C(C)(C)C(C)(C)C. The summed E-state index contributed by atoms with van der Waals surface area (Å²) in [6.07, 6.45) is 3.81. The van der Waals surface area contributed by atoms with Crippen LogP contribution < -0.4 is 0 Å². The molecule has 0 aromatic rings. The Morgan fingerprint density at radius 2 is 1.38 bits per heavy atom. The van der Waals surface area contributed by atoms with Crippen molar-refractivity contribution >= 4 is 0 Å². The molecule has 0 aliphatic rings. The highest BCUT2D eigenvalue weighted by Crippen LogP contribution is 2.48. The molecule has 0 saturated heterocycles. The predicted octanol–water partition coefficient (Wildman–Crippen LogP) is 4.84. The molecule has 0 N–H and O–H groups in total. The molecule has 0 nitrogen and oxygen atoms in total. The molecule has 0 saturated carbocycles. The second-order valence-corrected chi connectivity index (χ2v) is 5.58. The van der Waals surface area contributed by atoms with Crippen molar-refractivity contribution in [2.24, 2.45) is 10.8 Å². The van der Waals surface area contributed by atoms with Gasteiger partial charge in [-0.1, -0.05) is 54.9 Å². The molecular weight excluding hydrogens is 156 g/mol. The lowest BCUT2D eigenvalue weighted by Crippen LogP contribution is -2.35. The third-order valence-corrected chi connectivity index (χ3v) is 3.74.